The zero-order valence-corrected chi connectivity index (χ0v) is 17.5. The van der Waals surface area contributed by atoms with Gasteiger partial charge in [0.15, 0.2) is 0 Å². The van der Waals surface area contributed by atoms with Gasteiger partial charge in [0.1, 0.15) is 7.85 Å². The molecule has 0 saturated carbocycles. The van der Waals surface area contributed by atoms with E-state index in [-0.39, 0.29) is 0 Å². The summed E-state index contributed by atoms with van der Waals surface area (Å²) in [4.78, 5) is 0. The highest BCUT2D eigenvalue weighted by Gasteiger charge is 2.05. The molecule has 2 atom stereocenters. The minimum atomic E-state index is 0.473. The van der Waals surface area contributed by atoms with Crippen molar-refractivity contribution in [3.8, 4) is 0 Å². The Morgan fingerprint density at radius 2 is 1.60 bits per heavy atom. The van der Waals surface area contributed by atoms with E-state index in [4.69, 9.17) is 9.47 Å². The minimum absolute atomic E-state index is 0.473. The first kappa shape index (κ1) is 24.5. The third-order valence-electron chi connectivity index (χ3n) is 4.65. The Kier molecular flexibility index (Phi) is 19.4. The monoisotopic (exact) mass is 350 g/mol. The number of hydrogen-bond donors (Lipinski definition) is 0. The molecule has 0 aliphatic carbocycles. The number of ether oxygens (including phenoxy) is 2. The second kappa shape index (κ2) is 19.8. The van der Waals surface area contributed by atoms with Crippen molar-refractivity contribution in [2.24, 2.45) is 11.8 Å². The molecule has 2 nitrogen and oxygen atoms in total. The Morgan fingerprint density at radius 1 is 0.880 bits per heavy atom. The zero-order chi connectivity index (χ0) is 18.6. The summed E-state index contributed by atoms with van der Waals surface area (Å²) in [6, 6.07) is 0. The summed E-state index contributed by atoms with van der Waals surface area (Å²) in [5.74, 6) is 1.38. The number of allylic oxidation sites excluding steroid dienone is 3. The quantitative estimate of drug-likeness (QED) is 0.182. The van der Waals surface area contributed by atoms with Crippen LogP contribution < -0.4 is 0 Å². The van der Waals surface area contributed by atoms with Gasteiger partial charge < -0.3 is 9.47 Å². The molecular weight excluding hydrogens is 307 g/mol. The van der Waals surface area contributed by atoms with Gasteiger partial charge in [0.25, 0.3) is 0 Å². The molecule has 0 aromatic heterocycles. The molecule has 146 valence electrons. The smallest absolute Gasteiger partial charge is 0.101 e. The van der Waals surface area contributed by atoms with Crippen LogP contribution in [0.2, 0.25) is 6.32 Å². The summed E-state index contributed by atoms with van der Waals surface area (Å²) in [7, 11) is 2.28. The Balaban J connectivity index is 3.39. The van der Waals surface area contributed by atoms with Crippen LogP contribution in [0.5, 0.6) is 0 Å². The topological polar surface area (TPSA) is 18.5 Å². The lowest BCUT2D eigenvalue weighted by Crippen LogP contribution is -2.07. The molecule has 0 spiro atoms. The van der Waals surface area contributed by atoms with Crippen molar-refractivity contribution in [3.63, 3.8) is 0 Å². The van der Waals surface area contributed by atoms with E-state index in [1.807, 2.05) is 13.0 Å². The van der Waals surface area contributed by atoms with Crippen LogP contribution in [0.3, 0.4) is 0 Å². The van der Waals surface area contributed by atoms with Crippen LogP contribution in [0.1, 0.15) is 72.1 Å². The molecule has 2 unspecified atom stereocenters. The van der Waals surface area contributed by atoms with E-state index < -0.39 is 0 Å². The zero-order valence-electron chi connectivity index (χ0n) is 17.5. The van der Waals surface area contributed by atoms with Crippen molar-refractivity contribution in [1.29, 1.82) is 0 Å². The van der Waals surface area contributed by atoms with Crippen LogP contribution in [-0.4, -0.2) is 34.3 Å². The average molecular weight is 350 g/mol. The molecule has 0 aromatic carbocycles. The molecule has 0 aliphatic rings. The largest absolute Gasteiger partial charge is 0.381 e. The highest BCUT2D eigenvalue weighted by Crippen LogP contribution is 2.19. The molecule has 0 saturated heterocycles. The van der Waals surface area contributed by atoms with Gasteiger partial charge in [-0.1, -0.05) is 76.6 Å². The molecule has 0 aliphatic heterocycles. The summed E-state index contributed by atoms with van der Waals surface area (Å²) in [6.07, 6.45) is 20.2. The maximum absolute atomic E-state index is 5.75. The van der Waals surface area contributed by atoms with E-state index in [2.05, 4.69) is 39.9 Å². The molecular formula is C22H43BO2. The van der Waals surface area contributed by atoms with E-state index in [0.717, 1.165) is 38.8 Å². The molecule has 0 N–H and O–H groups in total. The van der Waals surface area contributed by atoms with Gasteiger partial charge in [0.05, 0.1) is 6.61 Å². The van der Waals surface area contributed by atoms with Gasteiger partial charge >= 0.3 is 0 Å². The second-order valence-corrected chi connectivity index (χ2v) is 7.19. The standard InChI is InChI=1S/C22H43BO2/c1-4-6-8-13-21(3)20-25-19-12-18-24-17-11-15-22(5-2)14-9-7-10-16-23/h4,6,8,13,21-22H,5,7,9-12,14-20,23H2,1-3H3/b6-4-,13-8-. The van der Waals surface area contributed by atoms with Gasteiger partial charge in [-0.3, -0.25) is 0 Å². The fourth-order valence-electron chi connectivity index (χ4n) is 2.94. The van der Waals surface area contributed by atoms with Crippen LogP contribution >= 0.6 is 0 Å². The maximum atomic E-state index is 5.75. The van der Waals surface area contributed by atoms with Crippen molar-refractivity contribution >= 4 is 7.85 Å². The van der Waals surface area contributed by atoms with E-state index in [1.54, 1.807) is 0 Å². The first-order chi connectivity index (χ1) is 12.2. The summed E-state index contributed by atoms with van der Waals surface area (Å²) < 4.78 is 11.5. The summed E-state index contributed by atoms with van der Waals surface area (Å²) >= 11 is 0. The molecule has 0 radical (unpaired) electrons. The molecule has 3 heteroatoms. The van der Waals surface area contributed by atoms with Gasteiger partial charge in [-0.15, -0.1) is 0 Å². The fraction of sp³-hybridized carbons (Fsp3) is 0.818. The first-order valence-electron chi connectivity index (χ1n) is 10.7. The van der Waals surface area contributed by atoms with Gasteiger partial charge in [0, 0.05) is 19.8 Å². The molecule has 0 heterocycles. The fourth-order valence-corrected chi connectivity index (χ4v) is 2.94. The lowest BCUT2D eigenvalue weighted by molar-refractivity contribution is 0.0724. The van der Waals surface area contributed by atoms with Crippen LogP contribution in [0.15, 0.2) is 24.3 Å². The van der Waals surface area contributed by atoms with Crippen molar-refractivity contribution < 1.29 is 9.47 Å². The van der Waals surface area contributed by atoms with Crippen LogP contribution in [-0.2, 0) is 9.47 Å². The first-order valence-corrected chi connectivity index (χ1v) is 10.7. The lowest BCUT2D eigenvalue weighted by Gasteiger charge is -2.14. The highest BCUT2D eigenvalue weighted by molar-refractivity contribution is 6.08. The van der Waals surface area contributed by atoms with Gasteiger partial charge in [-0.2, -0.15) is 0 Å². The molecule has 0 fully saturated rings. The maximum Gasteiger partial charge on any atom is 0.101 e. The van der Waals surface area contributed by atoms with Crippen LogP contribution in [0, 0.1) is 11.8 Å². The summed E-state index contributed by atoms with van der Waals surface area (Å²) in [5, 5.41) is 0. The van der Waals surface area contributed by atoms with E-state index >= 15 is 0 Å². The highest BCUT2D eigenvalue weighted by atomic mass is 16.5. The van der Waals surface area contributed by atoms with E-state index in [9.17, 15) is 0 Å². The third-order valence-corrected chi connectivity index (χ3v) is 4.65. The number of hydrogen-bond acceptors (Lipinski definition) is 2. The Morgan fingerprint density at radius 3 is 2.32 bits per heavy atom. The normalized spacial score (nSPS) is 14.5. The Hall–Kier alpha value is -0.535. The molecule has 25 heavy (non-hydrogen) atoms. The van der Waals surface area contributed by atoms with Crippen molar-refractivity contribution in [1.82, 2.24) is 0 Å². The predicted molar refractivity (Wildman–Crippen MR) is 114 cm³/mol. The minimum Gasteiger partial charge on any atom is -0.381 e. The number of unbranched alkanes of at least 4 members (excludes halogenated alkanes) is 2. The van der Waals surface area contributed by atoms with Crippen LogP contribution in [0.4, 0.5) is 0 Å². The van der Waals surface area contributed by atoms with Gasteiger partial charge in [-0.25, -0.2) is 0 Å². The van der Waals surface area contributed by atoms with Gasteiger partial charge in [0.2, 0.25) is 0 Å². The third kappa shape index (κ3) is 18.1. The van der Waals surface area contributed by atoms with Crippen molar-refractivity contribution in [2.75, 3.05) is 26.4 Å². The van der Waals surface area contributed by atoms with Crippen molar-refractivity contribution in [2.45, 2.75) is 78.5 Å². The molecule has 0 rings (SSSR count). The predicted octanol–water partition coefficient (Wildman–Crippen LogP) is 5.60. The summed E-state index contributed by atoms with van der Waals surface area (Å²) in [5.41, 5.74) is 0. The van der Waals surface area contributed by atoms with E-state index in [0.29, 0.717) is 5.92 Å². The Labute approximate surface area is 158 Å². The van der Waals surface area contributed by atoms with Gasteiger partial charge in [-0.05, 0) is 38.0 Å². The lowest BCUT2D eigenvalue weighted by atomic mass is 9.92. The van der Waals surface area contributed by atoms with Crippen LogP contribution in [0.25, 0.3) is 0 Å². The van der Waals surface area contributed by atoms with E-state index in [1.165, 1.54) is 51.3 Å². The molecule has 0 aromatic rings. The number of rotatable bonds is 18. The Bertz CT molecular complexity index is 315. The molecule has 0 bridgehead atoms. The SMILES string of the molecule is BCCCCCC(CC)CCCOCCCOCC(C)/C=C\C=C/C. The van der Waals surface area contributed by atoms with Crippen molar-refractivity contribution in [3.05, 3.63) is 24.3 Å². The average Bonchev–Trinajstić information content (AvgIpc) is 2.62. The summed E-state index contributed by atoms with van der Waals surface area (Å²) in [6.45, 7) is 9.88. The second-order valence-electron chi connectivity index (χ2n) is 7.19. The molecule has 0 amide bonds.